The molecule has 2 rings (SSSR count). The van der Waals surface area contributed by atoms with E-state index < -0.39 is 0 Å². The molecule has 0 aromatic carbocycles. The van der Waals surface area contributed by atoms with E-state index in [1.807, 2.05) is 20.8 Å². The van der Waals surface area contributed by atoms with Gasteiger partial charge in [0.15, 0.2) is 5.82 Å². The number of amides is 1. The molecule has 0 fully saturated rings. The molecule has 2 aromatic rings. The topological polar surface area (TPSA) is 98.7 Å². The van der Waals surface area contributed by atoms with Crippen LogP contribution in [0.3, 0.4) is 0 Å². The summed E-state index contributed by atoms with van der Waals surface area (Å²) in [6, 6.07) is -0.307. The van der Waals surface area contributed by atoms with Gasteiger partial charge in [-0.2, -0.15) is 10.1 Å². The molecule has 20 heavy (non-hydrogen) atoms. The Balaban J connectivity index is 1.83. The number of carbonyl (C=O) groups excluding carboxylic acids is 1. The number of carbonyl (C=O) groups is 1. The summed E-state index contributed by atoms with van der Waals surface area (Å²) < 4.78 is 6.74. The van der Waals surface area contributed by atoms with Crippen LogP contribution < -0.4 is 5.32 Å². The van der Waals surface area contributed by atoms with Crippen molar-refractivity contribution >= 4 is 5.91 Å². The third kappa shape index (κ3) is 3.62. The molecule has 2 heterocycles. The second-order valence-corrected chi connectivity index (χ2v) is 4.84. The highest BCUT2D eigenvalue weighted by atomic mass is 16.5. The maximum absolute atomic E-state index is 11.8. The van der Waals surface area contributed by atoms with Crippen molar-refractivity contribution in [1.29, 1.82) is 0 Å². The largest absolute Gasteiger partial charge is 0.345 e. The lowest BCUT2D eigenvalue weighted by Gasteiger charge is -2.09. The fourth-order valence-corrected chi connectivity index (χ4v) is 1.60. The second-order valence-electron chi connectivity index (χ2n) is 4.84. The molecule has 8 nitrogen and oxygen atoms in total. The molecule has 0 spiro atoms. The summed E-state index contributed by atoms with van der Waals surface area (Å²) in [5.74, 6) is 1.16. The summed E-state index contributed by atoms with van der Waals surface area (Å²) in [6.45, 7) is 6.26. The van der Waals surface area contributed by atoms with Gasteiger partial charge >= 0.3 is 0 Å². The highest BCUT2D eigenvalue weighted by Crippen LogP contribution is 2.14. The van der Waals surface area contributed by atoms with Gasteiger partial charge in [0, 0.05) is 12.3 Å². The van der Waals surface area contributed by atoms with E-state index in [0.717, 1.165) is 0 Å². The highest BCUT2D eigenvalue weighted by molar-refractivity contribution is 5.76. The molecular weight excluding hydrogens is 260 g/mol. The van der Waals surface area contributed by atoms with Gasteiger partial charge in [0.25, 0.3) is 0 Å². The molecule has 8 heteroatoms. The molecule has 1 N–H and O–H groups in total. The zero-order valence-electron chi connectivity index (χ0n) is 11.8. The second kappa shape index (κ2) is 6.27. The van der Waals surface area contributed by atoms with E-state index in [-0.39, 0.29) is 17.9 Å². The molecule has 108 valence electrons. The maximum Gasteiger partial charge on any atom is 0.248 e. The van der Waals surface area contributed by atoms with E-state index in [1.165, 1.54) is 6.33 Å². The van der Waals surface area contributed by atoms with E-state index in [9.17, 15) is 4.79 Å². The SMILES string of the molecule is CC(C)c1noc([C@@H](C)NC(=O)CCn2cncn2)n1. The smallest absolute Gasteiger partial charge is 0.248 e. The van der Waals surface area contributed by atoms with Gasteiger partial charge in [0.2, 0.25) is 11.8 Å². The van der Waals surface area contributed by atoms with E-state index >= 15 is 0 Å². The Hall–Kier alpha value is -2.25. The minimum Gasteiger partial charge on any atom is -0.345 e. The number of aromatic nitrogens is 5. The molecule has 0 aliphatic carbocycles. The molecule has 0 saturated carbocycles. The van der Waals surface area contributed by atoms with Crippen molar-refractivity contribution in [2.24, 2.45) is 0 Å². The van der Waals surface area contributed by atoms with Gasteiger partial charge in [-0.05, 0) is 6.92 Å². The molecule has 1 atom stereocenters. The molecule has 0 bridgehead atoms. The lowest BCUT2D eigenvalue weighted by Crippen LogP contribution is -2.27. The fraction of sp³-hybridized carbons (Fsp3) is 0.583. The van der Waals surface area contributed by atoms with Crippen LogP contribution in [-0.2, 0) is 11.3 Å². The highest BCUT2D eigenvalue weighted by Gasteiger charge is 2.17. The molecule has 0 saturated heterocycles. The van der Waals surface area contributed by atoms with E-state index in [1.54, 1.807) is 11.0 Å². The molecule has 2 aromatic heterocycles. The first-order valence-corrected chi connectivity index (χ1v) is 6.51. The van der Waals surface area contributed by atoms with E-state index in [4.69, 9.17) is 4.52 Å². The standard InChI is InChI=1S/C12H18N6O2/c1-8(2)11-16-12(20-17-11)9(3)15-10(19)4-5-18-7-13-6-14-18/h6-9H,4-5H2,1-3H3,(H,15,19)/t9-/m1/s1. The van der Waals surface area contributed by atoms with Gasteiger partial charge < -0.3 is 9.84 Å². The predicted octanol–water partition coefficient (Wildman–Crippen LogP) is 1.05. The maximum atomic E-state index is 11.8. The molecular formula is C12H18N6O2. The summed E-state index contributed by atoms with van der Waals surface area (Å²) in [5.41, 5.74) is 0. The molecule has 0 radical (unpaired) electrons. The monoisotopic (exact) mass is 278 g/mol. The number of nitrogens with one attached hydrogen (secondary N) is 1. The molecule has 1 amide bonds. The van der Waals surface area contributed by atoms with Gasteiger partial charge in [-0.3, -0.25) is 9.48 Å². The quantitative estimate of drug-likeness (QED) is 0.848. The number of rotatable bonds is 6. The van der Waals surface area contributed by atoms with Crippen molar-refractivity contribution in [1.82, 2.24) is 30.2 Å². The Labute approximate surface area is 116 Å². The third-order valence-corrected chi connectivity index (χ3v) is 2.76. The number of nitrogens with zero attached hydrogens (tertiary/aromatic N) is 5. The first-order valence-electron chi connectivity index (χ1n) is 6.51. The number of hydrogen-bond acceptors (Lipinski definition) is 6. The van der Waals surface area contributed by atoms with Crippen LogP contribution in [0.4, 0.5) is 0 Å². The first-order chi connectivity index (χ1) is 9.56. The van der Waals surface area contributed by atoms with Gasteiger partial charge in [0.1, 0.15) is 18.7 Å². The van der Waals surface area contributed by atoms with Crippen LogP contribution in [0.15, 0.2) is 17.2 Å². The fourth-order valence-electron chi connectivity index (χ4n) is 1.60. The Morgan fingerprint density at radius 3 is 2.85 bits per heavy atom. The van der Waals surface area contributed by atoms with Crippen molar-refractivity contribution < 1.29 is 9.32 Å². The van der Waals surface area contributed by atoms with Crippen LogP contribution in [0.25, 0.3) is 0 Å². The van der Waals surface area contributed by atoms with Crippen molar-refractivity contribution in [3.05, 3.63) is 24.4 Å². The van der Waals surface area contributed by atoms with E-state index in [0.29, 0.717) is 24.7 Å². The average molecular weight is 278 g/mol. The van der Waals surface area contributed by atoms with Crippen LogP contribution >= 0.6 is 0 Å². The third-order valence-electron chi connectivity index (χ3n) is 2.76. The van der Waals surface area contributed by atoms with Crippen molar-refractivity contribution in [3.8, 4) is 0 Å². The summed E-state index contributed by atoms with van der Waals surface area (Å²) >= 11 is 0. The number of aryl methyl sites for hydroxylation is 1. The minimum absolute atomic E-state index is 0.0997. The van der Waals surface area contributed by atoms with Crippen molar-refractivity contribution in [2.45, 2.75) is 45.7 Å². The Morgan fingerprint density at radius 1 is 1.45 bits per heavy atom. The zero-order valence-corrected chi connectivity index (χ0v) is 11.8. The van der Waals surface area contributed by atoms with Gasteiger partial charge in [-0.25, -0.2) is 4.98 Å². The molecule has 0 aliphatic rings. The zero-order chi connectivity index (χ0) is 14.5. The lowest BCUT2D eigenvalue weighted by atomic mass is 10.2. The lowest BCUT2D eigenvalue weighted by molar-refractivity contribution is -0.122. The van der Waals surface area contributed by atoms with Crippen LogP contribution in [-0.4, -0.2) is 30.8 Å². The Morgan fingerprint density at radius 2 is 2.25 bits per heavy atom. The van der Waals surface area contributed by atoms with Crippen LogP contribution in [0, 0.1) is 0 Å². The summed E-state index contributed by atoms with van der Waals surface area (Å²) in [7, 11) is 0. The number of hydrogen-bond donors (Lipinski definition) is 1. The minimum atomic E-state index is -0.307. The Bertz CT molecular complexity index is 548. The van der Waals surface area contributed by atoms with Crippen molar-refractivity contribution in [3.63, 3.8) is 0 Å². The average Bonchev–Trinajstić information content (AvgIpc) is 3.07. The molecule has 0 aliphatic heterocycles. The first kappa shape index (κ1) is 14.2. The normalized spacial score (nSPS) is 12.6. The Kier molecular flexibility index (Phi) is 4.44. The predicted molar refractivity (Wildman–Crippen MR) is 69.6 cm³/mol. The summed E-state index contributed by atoms with van der Waals surface area (Å²) in [4.78, 5) is 19.9. The van der Waals surface area contributed by atoms with Crippen LogP contribution in [0.1, 0.15) is 50.9 Å². The summed E-state index contributed by atoms with van der Waals surface area (Å²) in [5, 5.41) is 10.6. The van der Waals surface area contributed by atoms with Crippen LogP contribution in [0.2, 0.25) is 0 Å². The van der Waals surface area contributed by atoms with Crippen molar-refractivity contribution in [2.75, 3.05) is 0 Å². The van der Waals surface area contributed by atoms with E-state index in [2.05, 4.69) is 25.5 Å². The molecule has 0 unspecified atom stereocenters. The van der Waals surface area contributed by atoms with Gasteiger partial charge in [-0.1, -0.05) is 19.0 Å². The van der Waals surface area contributed by atoms with Gasteiger partial charge in [0.05, 0.1) is 6.54 Å². The summed E-state index contributed by atoms with van der Waals surface area (Å²) in [6.07, 6.45) is 3.33. The van der Waals surface area contributed by atoms with Gasteiger partial charge in [-0.15, -0.1) is 0 Å². The van der Waals surface area contributed by atoms with Crippen LogP contribution in [0.5, 0.6) is 0 Å².